The van der Waals surface area contributed by atoms with Crippen LogP contribution < -0.4 is 5.32 Å². The molecule has 1 aliphatic rings. The molecule has 0 atom stereocenters. The fourth-order valence-corrected chi connectivity index (χ4v) is 0.897. The van der Waals surface area contributed by atoms with Gasteiger partial charge in [-0.1, -0.05) is 13.8 Å². The van der Waals surface area contributed by atoms with Gasteiger partial charge in [-0.3, -0.25) is 0 Å². The first kappa shape index (κ1) is 7.61. The number of hydrogen-bond donors (Lipinski definition) is 1. The van der Waals surface area contributed by atoms with Gasteiger partial charge in [-0.2, -0.15) is 0 Å². The van der Waals surface area contributed by atoms with E-state index >= 15 is 0 Å². The Hall–Kier alpha value is -0.500. The topological polar surface area (TPSA) is 21.3 Å². The van der Waals surface area contributed by atoms with Crippen LogP contribution in [-0.2, 0) is 4.74 Å². The van der Waals surface area contributed by atoms with Crippen molar-refractivity contribution in [3.8, 4) is 0 Å². The SMILES string of the molecule is CC(C)NCC1=CCCO1. The largest absolute Gasteiger partial charge is 0.497 e. The lowest BCUT2D eigenvalue weighted by Crippen LogP contribution is -2.24. The molecule has 0 aromatic rings. The fourth-order valence-electron chi connectivity index (χ4n) is 0.897. The summed E-state index contributed by atoms with van der Waals surface area (Å²) in [5.74, 6) is 1.11. The highest BCUT2D eigenvalue weighted by molar-refractivity contribution is 4.99. The monoisotopic (exact) mass is 141 g/mol. The first-order chi connectivity index (χ1) is 4.79. The van der Waals surface area contributed by atoms with Gasteiger partial charge in [-0.15, -0.1) is 0 Å². The second-order valence-electron chi connectivity index (χ2n) is 2.84. The van der Waals surface area contributed by atoms with Gasteiger partial charge in [-0.05, 0) is 6.08 Å². The molecular formula is C8H15NO. The Bertz CT molecular complexity index is 129. The lowest BCUT2D eigenvalue weighted by molar-refractivity contribution is 0.235. The van der Waals surface area contributed by atoms with Gasteiger partial charge in [0.2, 0.25) is 0 Å². The van der Waals surface area contributed by atoms with Gasteiger partial charge in [0.1, 0.15) is 5.76 Å². The highest BCUT2D eigenvalue weighted by Gasteiger charge is 2.04. The van der Waals surface area contributed by atoms with Gasteiger partial charge >= 0.3 is 0 Å². The minimum Gasteiger partial charge on any atom is -0.497 e. The summed E-state index contributed by atoms with van der Waals surface area (Å²) in [6.07, 6.45) is 3.23. The molecule has 1 N–H and O–H groups in total. The van der Waals surface area contributed by atoms with Gasteiger partial charge < -0.3 is 10.1 Å². The highest BCUT2D eigenvalue weighted by atomic mass is 16.5. The van der Waals surface area contributed by atoms with Crippen molar-refractivity contribution in [1.29, 1.82) is 0 Å². The van der Waals surface area contributed by atoms with Crippen molar-refractivity contribution in [3.63, 3.8) is 0 Å². The van der Waals surface area contributed by atoms with Crippen molar-refractivity contribution in [3.05, 3.63) is 11.8 Å². The molecule has 2 heteroatoms. The van der Waals surface area contributed by atoms with Gasteiger partial charge in [-0.25, -0.2) is 0 Å². The molecule has 1 aliphatic heterocycles. The Labute approximate surface area is 62.3 Å². The fraction of sp³-hybridized carbons (Fsp3) is 0.750. The van der Waals surface area contributed by atoms with Gasteiger partial charge in [0.05, 0.1) is 13.2 Å². The second-order valence-corrected chi connectivity index (χ2v) is 2.84. The van der Waals surface area contributed by atoms with E-state index < -0.39 is 0 Å². The van der Waals surface area contributed by atoms with Gasteiger partial charge in [0, 0.05) is 12.5 Å². The molecule has 0 saturated carbocycles. The molecule has 2 nitrogen and oxygen atoms in total. The molecule has 0 bridgehead atoms. The number of nitrogens with one attached hydrogen (secondary N) is 1. The van der Waals surface area contributed by atoms with Crippen LogP contribution in [0.2, 0.25) is 0 Å². The van der Waals surface area contributed by atoms with E-state index in [-0.39, 0.29) is 0 Å². The van der Waals surface area contributed by atoms with E-state index in [4.69, 9.17) is 4.74 Å². The van der Waals surface area contributed by atoms with Crippen LogP contribution in [0, 0.1) is 0 Å². The summed E-state index contributed by atoms with van der Waals surface area (Å²) in [7, 11) is 0. The Morgan fingerprint density at radius 1 is 1.70 bits per heavy atom. The smallest absolute Gasteiger partial charge is 0.106 e. The maximum absolute atomic E-state index is 5.30. The zero-order valence-electron chi connectivity index (χ0n) is 6.68. The summed E-state index contributed by atoms with van der Waals surface area (Å²) in [4.78, 5) is 0. The molecule has 0 aliphatic carbocycles. The van der Waals surface area contributed by atoms with Crippen LogP contribution in [-0.4, -0.2) is 19.2 Å². The van der Waals surface area contributed by atoms with E-state index in [1.165, 1.54) is 0 Å². The molecule has 58 valence electrons. The molecule has 0 aromatic carbocycles. The van der Waals surface area contributed by atoms with E-state index in [9.17, 15) is 0 Å². The van der Waals surface area contributed by atoms with Crippen molar-refractivity contribution in [2.24, 2.45) is 0 Å². The number of rotatable bonds is 3. The molecule has 0 aromatic heterocycles. The predicted molar refractivity (Wildman–Crippen MR) is 41.8 cm³/mol. The molecule has 10 heavy (non-hydrogen) atoms. The van der Waals surface area contributed by atoms with Gasteiger partial charge in [0.25, 0.3) is 0 Å². The summed E-state index contributed by atoms with van der Waals surface area (Å²) in [5, 5.41) is 3.29. The molecule has 0 radical (unpaired) electrons. The standard InChI is InChI=1S/C8H15NO/c1-7(2)9-6-8-4-3-5-10-8/h4,7,9H,3,5-6H2,1-2H3. The summed E-state index contributed by atoms with van der Waals surface area (Å²) >= 11 is 0. The van der Waals surface area contributed by atoms with Crippen LogP contribution in [0.25, 0.3) is 0 Å². The maximum Gasteiger partial charge on any atom is 0.106 e. The Morgan fingerprint density at radius 2 is 2.50 bits per heavy atom. The molecule has 1 heterocycles. The van der Waals surface area contributed by atoms with E-state index in [0.717, 1.165) is 25.3 Å². The Kier molecular flexibility index (Phi) is 2.75. The lowest BCUT2D eigenvalue weighted by atomic mass is 10.3. The minimum atomic E-state index is 0.546. The van der Waals surface area contributed by atoms with E-state index in [2.05, 4.69) is 25.2 Å². The predicted octanol–water partition coefficient (Wildman–Crippen LogP) is 1.29. The number of hydrogen-bond acceptors (Lipinski definition) is 2. The summed E-state index contributed by atoms with van der Waals surface area (Å²) in [6, 6.07) is 0.546. The zero-order chi connectivity index (χ0) is 7.40. The average molecular weight is 141 g/mol. The summed E-state index contributed by atoms with van der Waals surface area (Å²) in [6.45, 7) is 6.03. The first-order valence-corrected chi connectivity index (χ1v) is 3.84. The number of ether oxygens (including phenoxy) is 1. The molecular weight excluding hydrogens is 126 g/mol. The molecule has 0 spiro atoms. The molecule has 0 fully saturated rings. The summed E-state index contributed by atoms with van der Waals surface area (Å²) < 4.78 is 5.30. The van der Waals surface area contributed by atoms with Crippen LogP contribution in [0.1, 0.15) is 20.3 Å². The third-order valence-electron chi connectivity index (χ3n) is 1.46. The van der Waals surface area contributed by atoms with Crippen molar-refractivity contribution >= 4 is 0 Å². The minimum absolute atomic E-state index is 0.546. The summed E-state index contributed by atoms with van der Waals surface area (Å²) in [5.41, 5.74) is 0. The van der Waals surface area contributed by atoms with E-state index in [1.54, 1.807) is 0 Å². The Morgan fingerprint density at radius 3 is 3.00 bits per heavy atom. The van der Waals surface area contributed by atoms with E-state index in [0.29, 0.717) is 6.04 Å². The van der Waals surface area contributed by atoms with Crippen LogP contribution in [0.15, 0.2) is 11.8 Å². The van der Waals surface area contributed by atoms with Crippen molar-refractivity contribution < 1.29 is 4.74 Å². The first-order valence-electron chi connectivity index (χ1n) is 3.84. The van der Waals surface area contributed by atoms with Crippen LogP contribution >= 0.6 is 0 Å². The van der Waals surface area contributed by atoms with Crippen molar-refractivity contribution in [2.45, 2.75) is 26.3 Å². The third kappa shape index (κ3) is 2.40. The third-order valence-corrected chi connectivity index (χ3v) is 1.46. The van der Waals surface area contributed by atoms with Crippen LogP contribution in [0.3, 0.4) is 0 Å². The molecule has 0 unspecified atom stereocenters. The van der Waals surface area contributed by atoms with Crippen molar-refractivity contribution in [1.82, 2.24) is 5.32 Å². The van der Waals surface area contributed by atoms with Crippen LogP contribution in [0.4, 0.5) is 0 Å². The van der Waals surface area contributed by atoms with Crippen molar-refractivity contribution in [2.75, 3.05) is 13.2 Å². The van der Waals surface area contributed by atoms with Gasteiger partial charge in [0.15, 0.2) is 0 Å². The maximum atomic E-state index is 5.30. The van der Waals surface area contributed by atoms with Crippen LogP contribution in [0.5, 0.6) is 0 Å². The van der Waals surface area contributed by atoms with E-state index in [1.807, 2.05) is 0 Å². The lowest BCUT2D eigenvalue weighted by Gasteiger charge is -2.08. The molecule has 0 amide bonds. The average Bonchev–Trinajstić information content (AvgIpc) is 2.34. The second kappa shape index (κ2) is 3.62. The zero-order valence-corrected chi connectivity index (χ0v) is 6.68. The molecule has 0 saturated heterocycles. The quantitative estimate of drug-likeness (QED) is 0.639. The Balaban J connectivity index is 2.13. The highest BCUT2D eigenvalue weighted by Crippen LogP contribution is 2.07. The normalized spacial score (nSPS) is 17.3. The molecule has 1 rings (SSSR count).